The minimum absolute atomic E-state index is 0.143. The number of fused-ring (bicyclic) bond motifs is 1. The molecule has 4 nitrogen and oxygen atoms in total. The fraction of sp³-hybridized carbons (Fsp3) is 0.600. The third kappa shape index (κ3) is 3.39. The lowest BCUT2D eigenvalue weighted by atomic mass is 9.90. The first-order chi connectivity index (χ1) is 9.51. The molecule has 1 aromatic rings. The molecule has 1 aliphatic rings. The van der Waals surface area contributed by atoms with Gasteiger partial charge in [-0.3, -0.25) is 9.59 Å². The van der Waals surface area contributed by atoms with Gasteiger partial charge in [-0.05, 0) is 50.7 Å². The third-order valence-corrected chi connectivity index (χ3v) is 4.88. The van der Waals surface area contributed by atoms with Gasteiger partial charge in [-0.15, -0.1) is 11.3 Å². The Bertz CT molecular complexity index is 510. The molecular formula is C15H22N2O2S. The van der Waals surface area contributed by atoms with Crippen LogP contribution >= 0.6 is 11.3 Å². The van der Waals surface area contributed by atoms with Gasteiger partial charge in [-0.1, -0.05) is 6.92 Å². The second kappa shape index (κ2) is 6.39. The Morgan fingerprint density at radius 1 is 1.50 bits per heavy atom. The highest BCUT2D eigenvalue weighted by molar-refractivity contribution is 7.14. The second-order valence-electron chi connectivity index (χ2n) is 5.50. The first-order valence-electron chi connectivity index (χ1n) is 7.21. The van der Waals surface area contributed by atoms with E-state index in [0.29, 0.717) is 12.5 Å². The second-order valence-corrected chi connectivity index (χ2v) is 6.63. The molecule has 1 aromatic heterocycles. The van der Waals surface area contributed by atoms with Crippen LogP contribution in [-0.4, -0.2) is 24.4 Å². The molecule has 0 saturated heterocycles. The number of aryl methyl sites for hydroxylation is 1. The van der Waals surface area contributed by atoms with Gasteiger partial charge in [0.15, 0.2) is 0 Å². The smallest absolute Gasteiger partial charge is 0.262 e. The van der Waals surface area contributed by atoms with Gasteiger partial charge in [0.2, 0.25) is 5.91 Å². The quantitative estimate of drug-likeness (QED) is 0.893. The van der Waals surface area contributed by atoms with E-state index in [1.54, 1.807) is 18.3 Å². The minimum Gasteiger partial charge on any atom is -0.355 e. The topological polar surface area (TPSA) is 58.2 Å². The molecule has 20 heavy (non-hydrogen) atoms. The summed E-state index contributed by atoms with van der Waals surface area (Å²) in [5.74, 6) is 0.411. The fourth-order valence-electron chi connectivity index (χ4n) is 2.48. The van der Waals surface area contributed by atoms with Gasteiger partial charge in [0.05, 0.1) is 4.88 Å². The van der Waals surface area contributed by atoms with E-state index in [0.717, 1.165) is 17.7 Å². The number of hydrogen-bond donors (Lipinski definition) is 2. The van der Waals surface area contributed by atoms with E-state index in [2.05, 4.69) is 17.6 Å². The van der Waals surface area contributed by atoms with E-state index in [1.165, 1.54) is 16.9 Å². The Morgan fingerprint density at radius 2 is 2.25 bits per heavy atom. The summed E-state index contributed by atoms with van der Waals surface area (Å²) in [7, 11) is 0. The average Bonchev–Trinajstić information content (AvgIpc) is 2.81. The highest BCUT2D eigenvalue weighted by Crippen LogP contribution is 2.32. The van der Waals surface area contributed by atoms with E-state index in [9.17, 15) is 9.59 Å². The molecule has 5 heteroatoms. The lowest BCUT2D eigenvalue weighted by Crippen LogP contribution is -2.44. The van der Waals surface area contributed by atoms with Crippen molar-refractivity contribution < 1.29 is 9.59 Å². The molecule has 1 aliphatic carbocycles. The fourth-order valence-corrected chi connectivity index (χ4v) is 3.59. The standard InChI is InChI=1S/C15H22N2O2S/c1-4-16-14(18)10(3)17-15(19)13-8-11-7-9(2)5-6-12(11)20-13/h8-10H,4-7H2,1-3H3,(H,16,18)(H,17,19)/t9-,10+/m0/s1. The number of nitrogens with one attached hydrogen (secondary N) is 2. The van der Waals surface area contributed by atoms with Gasteiger partial charge < -0.3 is 10.6 Å². The molecule has 110 valence electrons. The molecule has 2 atom stereocenters. The largest absolute Gasteiger partial charge is 0.355 e. The van der Waals surface area contributed by atoms with E-state index in [4.69, 9.17) is 0 Å². The first kappa shape index (κ1) is 15.0. The maximum atomic E-state index is 12.2. The van der Waals surface area contributed by atoms with Crippen molar-refractivity contribution in [3.05, 3.63) is 21.4 Å². The third-order valence-electron chi connectivity index (χ3n) is 3.64. The highest BCUT2D eigenvalue weighted by atomic mass is 32.1. The van der Waals surface area contributed by atoms with Crippen LogP contribution in [0.2, 0.25) is 0 Å². The summed E-state index contributed by atoms with van der Waals surface area (Å²) in [6.45, 7) is 6.39. The highest BCUT2D eigenvalue weighted by Gasteiger charge is 2.22. The van der Waals surface area contributed by atoms with Crippen molar-refractivity contribution in [2.75, 3.05) is 6.54 Å². The molecule has 0 fully saturated rings. The van der Waals surface area contributed by atoms with Crippen LogP contribution in [0.1, 0.15) is 47.3 Å². The number of carbonyl (C=O) groups is 2. The maximum Gasteiger partial charge on any atom is 0.262 e. The lowest BCUT2D eigenvalue weighted by molar-refractivity contribution is -0.122. The van der Waals surface area contributed by atoms with Crippen LogP contribution in [-0.2, 0) is 17.6 Å². The van der Waals surface area contributed by atoms with Crippen LogP contribution in [0.4, 0.5) is 0 Å². The maximum absolute atomic E-state index is 12.2. The molecule has 0 unspecified atom stereocenters. The summed E-state index contributed by atoms with van der Waals surface area (Å²) in [5.41, 5.74) is 1.31. The Hall–Kier alpha value is -1.36. The van der Waals surface area contributed by atoms with Gasteiger partial charge in [0.1, 0.15) is 6.04 Å². The number of likely N-dealkylation sites (N-methyl/N-ethyl adjacent to an activating group) is 1. The summed E-state index contributed by atoms with van der Waals surface area (Å²) in [6.07, 6.45) is 3.33. The van der Waals surface area contributed by atoms with Crippen molar-refractivity contribution in [3.8, 4) is 0 Å². The molecule has 2 amide bonds. The van der Waals surface area contributed by atoms with Crippen LogP contribution in [0.5, 0.6) is 0 Å². The van der Waals surface area contributed by atoms with Crippen molar-refractivity contribution in [1.82, 2.24) is 10.6 Å². The van der Waals surface area contributed by atoms with Gasteiger partial charge in [-0.2, -0.15) is 0 Å². The van der Waals surface area contributed by atoms with Gasteiger partial charge in [-0.25, -0.2) is 0 Å². The number of carbonyl (C=O) groups excluding carboxylic acids is 2. The summed E-state index contributed by atoms with van der Waals surface area (Å²) < 4.78 is 0. The molecule has 0 aliphatic heterocycles. The van der Waals surface area contributed by atoms with Gasteiger partial charge in [0.25, 0.3) is 5.91 Å². The van der Waals surface area contributed by atoms with Crippen molar-refractivity contribution in [2.45, 2.75) is 46.1 Å². The number of thiophene rings is 1. The number of rotatable bonds is 4. The number of amides is 2. The molecule has 1 heterocycles. The molecule has 0 bridgehead atoms. The van der Waals surface area contributed by atoms with Crippen LogP contribution in [0.15, 0.2) is 6.07 Å². The van der Waals surface area contributed by atoms with Crippen molar-refractivity contribution in [3.63, 3.8) is 0 Å². The molecule has 2 rings (SSSR count). The molecule has 2 N–H and O–H groups in total. The summed E-state index contributed by atoms with van der Waals surface area (Å²) in [6, 6.07) is 1.50. The molecule has 0 saturated carbocycles. The zero-order valence-corrected chi connectivity index (χ0v) is 13.1. The van der Waals surface area contributed by atoms with E-state index < -0.39 is 6.04 Å². The zero-order chi connectivity index (χ0) is 14.7. The predicted octanol–water partition coefficient (Wildman–Crippen LogP) is 2.13. The van der Waals surface area contributed by atoms with Crippen molar-refractivity contribution in [2.24, 2.45) is 5.92 Å². The monoisotopic (exact) mass is 294 g/mol. The van der Waals surface area contributed by atoms with Crippen LogP contribution < -0.4 is 10.6 Å². The Morgan fingerprint density at radius 3 is 2.95 bits per heavy atom. The van der Waals surface area contributed by atoms with Gasteiger partial charge >= 0.3 is 0 Å². The summed E-state index contributed by atoms with van der Waals surface area (Å²) in [4.78, 5) is 25.9. The van der Waals surface area contributed by atoms with Crippen molar-refractivity contribution >= 4 is 23.2 Å². The summed E-state index contributed by atoms with van der Waals surface area (Å²) >= 11 is 1.57. The molecule has 0 spiro atoms. The van der Waals surface area contributed by atoms with Crippen molar-refractivity contribution in [1.29, 1.82) is 0 Å². The zero-order valence-electron chi connectivity index (χ0n) is 12.3. The van der Waals surface area contributed by atoms with Gasteiger partial charge in [0, 0.05) is 11.4 Å². The SMILES string of the molecule is CCNC(=O)[C@@H](C)NC(=O)c1cc2c(s1)CC[C@H](C)C2. The van der Waals surface area contributed by atoms with Crippen LogP contribution in [0, 0.1) is 5.92 Å². The molecular weight excluding hydrogens is 272 g/mol. The molecule has 0 aromatic carbocycles. The van der Waals surface area contributed by atoms with Crippen LogP contribution in [0.3, 0.4) is 0 Å². The average molecular weight is 294 g/mol. The predicted molar refractivity (Wildman–Crippen MR) is 81.1 cm³/mol. The van der Waals surface area contributed by atoms with Crippen LogP contribution in [0.25, 0.3) is 0 Å². The van der Waals surface area contributed by atoms with E-state index >= 15 is 0 Å². The Labute approximate surface area is 124 Å². The summed E-state index contributed by atoms with van der Waals surface area (Å²) in [5, 5.41) is 5.47. The van der Waals surface area contributed by atoms with E-state index in [-0.39, 0.29) is 11.8 Å². The Kier molecular flexibility index (Phi) is 4.81. The Balaban J connectivity index is 2.01. The minimum atomic E-state index is -0.500. The first-order valence-corrected chi connectivity index (χ1v) is 8.03. The lowest BCUT2D eigenvalue weighted by Gasteiger charge is -2.16. The van der Waals surface area contributed by atoms with E-state index in [1.807, 2.05) is 13.0 Å². The molecule has 0 radical (unpaired) electrons. The normalized spacial score (nSPS) is 19.1. The number of hydrogen-bond acceptors (Lipinski definition) is 3.